The molecule has 1 N–H and O–H groups in total. The summed E-state index contributed by atoms with van der Waals surface area (Å²) in [6, 6.07) is 1.44. The summed E-state index contributed by atoms with van der Waals surface area (Å²) in [7, 11) is -0.869. The van der Waals surface area contributed by atoms with E-state index >= 15 is 0 Å². The molecule has 2 unspecified atom stereocenters. The maximum Gasteiger partial charge on any atom is 0.251 e. The molecule has 0 amide bonds. The molecular weight excluding hydrogens is 220 g/mol. The van der Waals surface area contributed by atoms with Gasteiger partial charge in [0.1, 0.15) is 0 Å². The van der Waals surface area contributed by atoms with Crippen LogP contribution in [0.1, 0.15) is 13.0 Å². The second-order valence-corrected chi connectivity index (χ2v) is 4.97. The predicted octanol–water partition coefficient (Wildman–Crippen LogP) is 0.845. The summed E-state index contributed by atoms with van der Waals surface area (Å²) in [5.41, 5.74) is -0.212. The molecule has 4 nitrogen and oxygen atoms in total. The monoisotopic (exact) mass is 232 g/mol. The van der Waals surface area contributed by atoms with Crippen molar-refractivity contribution >= 4 is 23.0 Å². The molecule has 0 aliphatic heterocycles. The Bertz CT molecular complexity index is 449. The third kappa shape index (κ3) is 2.88. The molecule has 0 radical (unpaired) electrons. The van der Waals surface area contributed by atoms with E-state index in [1.165, 1.54) is 6.07 Å². The van der Waals surface area contributed by atoms with E-state index in [-0.39, 0.29) is 11.6 Å². The number of hydrogen-bond donors (Lipinski definition) is 1. The smallest absolute Gasteiger partial charge is 0.251 e. The molecule has 1 rings (SSSR count). The average Bonchev–Trinajstić information content (AvgIpc) is 2.01. The Morgan fingerprint density at radius 1 is 1.71 bits per heavy atom. The van der Waals surface area contributed by atoms with Crippen LogP contribution in [0.4, 0.5) is 0 Å². The van der Waals surface area contributed by atoms with Crippen LogP contribution in [0.25, 0.3) is 0 Å². The van der Waals surface area contributed by atoms with Crippen LogP contribution in [0.15, 0.2) is 17.1 Å². The molecule has 0 aliphatic rings. The largest absolute Gasteiger partial charge is 0.321 e. The zero-order chi connectivity index (χ0) is 10.7. The van der Waals surface area contributed by atoms with Gasteiger partial charge >= 0.3 is 0 Å². The van der Waals surface area contributed by atoms with Crippen LogP contribution in [0.3, 0.4) is 0 Å². The van der Waals surface area contributed by atoms with Gasteiger partial charge in [-0.15, -0.1) is 0 Å². The van der Waals surface area contributed by atoms with Crippen LogP contribution in [0.2, 0.25) is 0 Å². The van der Waals surface area contributed by atoms with Gasteiger partial charge in [0.05, 0.1) is 0 Å². The van der Waals surface area contributed by atoms with Gasteiger partial charge < -0.3 is 4.57 Å². The van der Waals surface area contributed by atoms with Crippen LogP contribution >= 0.6 is 12.2 Å². The minimum atomic E-state index is -0.869. The van der Waals surface area contributed by atoms with Crippen molar-refractivity contribution < 1.29 is 4.21 Å². The molecule has 0 fully saturated rings. The Hall–Kier alpha value is -0.750. The number of nitrogens with zero attached hydrogens (tertiary/aromatic N) is 1. The number of nitrogens with one attached hydrogen (secondary N) is 1. The summed E-state index contributed by atoms with van der Waals surface area (Å²) in [5, 5.41) is 0. The second kappa shape index (κ2) is 4.65. The molecular formula is C8H12N2O2S2. The highest BCUT2D eigenvalue weighted by atomic mass is 32.2. The molecule has 78 valence electrons. The molecule has 0 saturated heterocycles. The van der Waals surface area contributed by atoms with Gasteiger partial charge in [-0.05, 0) is 19.1 Å². The topological polar surface area (TPSA) is 54.9 Å². The first-order valence-corrected chi connectivity index (χ1v) is 6.25. The Morgan fingerprint density at radius 2 is 2.36 bits per heavy atom. The van der Waals surface area contributed by atoms with Crippen molar-refractivity contribution in [3.63, 3.8) is 0 Å². The number of rotatable bonds is 3. The summed E-state index contributed by atoms with van der Waals surface area (Å²) in [4.78, 5) is 13.4. The molecule has 1 aromatic rings. The van der Waals surface area contributed by atoms with Crippen LogP contribution < -0.4 is 5.56 Å². The number of H-pyrrole nitrogens is 1. The van der Waals surface area contributed by atoms with E-state index in [4.69, 9.17) is 12.2 Å². The molecule has 2 atom stereocenters. The Morgan fingerprint density at radius 3 is 2.86 bits per heavy atom. The lowest BCUT2D eigenvalue weighted by Crippen LogP contribution is -2.18. The fraction of sp³-hybridized carbons (Fsp3) is 0.500. The first-order valence-electron chi connectivity index (χ1n) is 4.12. The molecule has 14 heavy (non-hydrogen) atoms. The maximum atomic E-state index is 11.0. The Balaban J connectivity index is 3.02. The second-order valence-electron chi connectivity index (χ2n) is 3.11. The van der Waals surface area contributed by atoms with Crippen molar-refractivity contribution in [3.8, 4) is 0 Å². The van der Waals surface area contributed by atoms with Crippen molar-refractivity contribution in [1.29, 1.82) is 0 Å². The lowest BCUT2D eigenvalue weighted by Gasteiger charge is -2.13. The molecule has 0 bridgehead atoms. The lowest BCUT2D eigenvalue weighted by molar-refractivity contribution is 0.574. The first kappa shape index (κ1) is 11.3. The average molecular weight is 232 g/mol. The highest BCUT2D eigenvalue weighted by molar-refractivity contribution is 7.84. The van der Waals surface area contributed by atoms with Gasteiger partial charge in [-0.25, -0.2) is 0 Å². The molecule has 1 heterocycles. The van der Waals surface area contributed by atoms with Crippen LogP contribution in [0, 0.1) is 4.77 Å². The van der Waals surface area contributed by atoms with Crippen molar-refractivity contribution in [1.82, 2.24) is 9.55 Å². The Kier molecular flexibility index (Phi) is 3.77. The standard InChI is InChI=1S/C8H12N2O2S2/c1-6(5-14(2)12)10-4-3-7(11)9-8(10)13/h3-4,6H,5H2,1-2H3,(H,9,11,13). The first-order chi connectivity index (χ1) is 6.50. The van der Waals surface area contributed by atoms with Gasteiger partial charge in [-0.3, -0.25) is 14.0 Å². The van der Waals surface area contributed by atoms with Gasteiger partial charge in [0.25, 0.3) is 5.56 Å². The fourth-order valence-corrected chi connectivity index (χ4v) is 2.38. The fourth-order valence-electron chi connectivity index (χ4n) is 1.19. The molecule has 1 aromatic heterocycles. The molecule has 0 aromatic carbocycles. The van der Waals surface area contributed by atoms with Gasteiger partial charge in [-0.1, -0.05) is 0 Å². The molecule has 6 heteroatoms. The van der Waals surface area contributed by atoms with Crippen molar-refractivity contribution in [3.05, 3.63) is 27.4 Å². The number of hydrogen-bond acceptors (Lipinski definition) is 3. The van der Waals surface area contributed by atoms with E-state index in [1.54, 1.807) is 17.0 Å². The van der Waals surface area contributed by atoms with Crippen LogP contribution in [-0.2, 0) is 10.8 Å². The van der Waals surface area contributed by atoms with Crippen molar-refractivity contribution in [2.24, 2.45) is 0 Å². The van der Waals surface area contributed by atoms with Gasteiger partial charge in [0.15, 0.2) is 4.77 Å². The third-order valence-corrected chi connectivity index (χ3v) is 3.07. The lowest BCUT2D eigenvalue weighted by atomic mass is 10.4. The maximum absolute atomic E-state index is 11.0. The zero-order valence-electron chi connectivity index (χ0n) is 8.02. The third-order valence-electron chi connectivity index (χ3n) is 1.80. The quantitative estimate of drug-likeness (QED) is 0.786. The van der Waals surface area contributed by atoms with Gasteiger partial charge in [0, 0.05) is 41.1 Å². The summed E-state index contributed by atoms with van der Waals surface area (Å²) >= 11 is 4.98. The van der Waals surface area contributed by atoms with Gasteiger partial charge in [-0.2, -0.15) is 0 Å². The normalized spacial score (nSPS) is 15.0. The highest BCUT2D eigenvalue weighted by Gasteiger charge is 2.06. The van der Waals surface area contributed by atoms with E-state index in [2.05, 4.69) is 4.98 Å². The van der Waals surface area contributed by atoms with Gasteiger partial charge in [0.2, 0.25) is 0 Å². The van der Waals surface area contributed by atoms with Crippen LogP contribution in [-0.4, -0.2) is 25.8 Å². The Labute approximate surface area is 89.4 Å². The molecule has 0 aliphatic carbocycles. The van der Waals surface area contributed by atoms with Crippen LogP contribution in [0.5, 0.6) is 0 Å². The summed E-state index contributed by atoms with van der Waals surface area (Å²) in [6.07, 6.45) is 3.27. The van der Waals surface area contributed by atoms with E-state index in [0.717, 1.165) is 0 Å². The molecule has 0 spiro atoms. The summed E-state index contributed by atoms with van der Waals surface area (Å²) in [6.45, 7) is 1.91. The summed E-state index contributed by atoms with van der Waals surface area (Å²) < 4.78 is 13.1. The number of aromatic nitrogens is 2. The van der Waals surface area contributed by atoms with E-state index in [1.807, 2.05) is 6.92 Å². The SMILES string of the molecule is CC(CS(C)=O)n1ccc(=O)[nH]c1=S. The summed E-state index contributed by atoms with van der Waals surface area (Å²) in [5.74, 6) is 0.528. The highest BCUT2D eigenvalue weighted by Crippen LogP contribution is 2.05. The van der Waals surface area contributed by atoms with E-state index in [0.29, 0.717) is 10.5 Å². The van der Waals surface area contributed by atoms with Crippen molar-refractivity contribution in [2.45, 2.75) is 13.0 Å². The number of aromatic amines is 1. The van der Waals surface area contributed by atoms with E-state index < -0.39 is 10.8 Å². The predicted molar refractivity (Wildman–Crippen MR) is 59.5 cm³/mol. The minimum absolute atomic E-state index is 0.0326. The molecule has 0 saturated carbocycles. The van der Waals surface area contributed by atoms with Crippen molar-refractivity contribution in [2.75, 3.05) is 12.0 Å². The zero-order valence-corrected chi connectivity index (χ0v) is 9.65. The minimum Gasteiger partial charge on any atom is -0.321 e. The van der Waals surface area contributed by atoms with E-state index in [9.17, 15) is 9.00 Å².